The van der Waals surface area contributed by atoms with E-state index in [1.165, 1.54) is 6.21 Å². The summed E-state index contributed by atoms with van der Waals surface area (Å²) in [6.07, 6.45) is 1.38. The first-order valence-electron chi connectivity index (χ1n) is 6.79. The van der Waals surface area contributed by atoms with E-state index in [4.69, 9.17) is 51.2 Å². The van der Waals surface area contributed by atoms with Gasteiger partial charge in [0.15, 0.2) is 0 Å². The van der Waals surface area contributed by atoms with E-state index < -0.39 is 0 Å². The van der Waals surface area contributed by atoms with Crippen molar-refractivity contribution in [1.82, 2.24) is 0 Å². The van der Waals surface area contributed by atoms with Crippen molar-refractivity contribution >= 4 is 64.2 Å². The number of halogens is 4. The Morgan fingerprint density at radius 3 is 2.42 bits per heavy atom. The fourth-order valence-electron chi connectivity index (χ4n) is 1.73. The Hall–Kier alpha value is -1.46. The second-order valence-corrected chi connectivity index (χ2v) is 6.27. The molecule has 2 aromatic carbocycles. The third-order valence-electron chi connectivity index (χ3n) is 2.90. The standard InChI is InChI=1S/C16H12Cl4N2O2/c17-12-2-1-3-13(18)11(12)9-24-21-7-6-16(23)22-10-4-5-14(19)15(20)8-10/h1-5,7-8H,6,9H2,(H,22,23)/b21-7+. The third-order valence-corrected chi connectivity index (χ3v) is 4.35. The lowest BCUT2D eigenvalue weighted by Gasteiger charge is -2.05. The minimum atomic E-state index is -0.267. The molecule has 0 aliphatic heterocycles. The van der Waals surface area contributed by atoms with E-state index >= 15 is 0 Å². The van der Waals surface area contributed by atoms with E-state index in [0.717, 1.165) is 0 Å². The van der Waals surface area contributed by atoms with Crippen molar-refractivity contribution in [2.24, 2.45) is 5.16 Å². The highest BCUT2D eigenvalue weighted by molar-refractivity contribution is 6.42. The van der Waals surface area contributed by atoms with Crippen LogP contribution in [0.15, 0.2) is 41.6 Å². The first-order chi connectivity index (χ1) is 11.5. The van der Waals surface area contributed by atoms with Crippen LogP contribution in [0.3, 0.4) is 0 Å². The van der Waals surface area contributed by atoms with Crippen LogP contribution in [-0.2, 0) is 16.2 Å². The minimum Gasteiger partial charge on any atom is -0.391 e. The summed E-state index contributed by atoms with van der Waals surface area (Å²) < 4.78 is 0. The number of benzene rings is 2. The SMILES string of the molecule is O=C(C/C=N/OCc1c(Cl)cccc1Cl)Nc1ccc(Cl)c(Cl)c1. The Bertz CT molecular complexity index is 745. The van der Waals surface area contributed by atoms with Crippen molar-refractivity contribution in [1.29, 1.82) is 0 Å². The molecule has 126 valence electrons. The van der Waals surface area contributed by atoms with Gasteiger partial charge in [-0.15, -0.1) is 0 Å². The summed E-state index contributed by atoms with van der Waals surface area (Å²) >= 11 is 23.7. The molecule has 0 spiro atoms. The molecule has 0 aliphatic carbocycles. The zero-order valence-electron chi connectivity index (χ0n) is 12.2. The third kappa shape index (κ3) is 5.56. The summed E-state index contributed by atoms with van der Waals surface area (Å²) in [5, 5.41) is 8.15. The molecule has 8 heteroatoms. The monoisotopic (exact) mass is 404 g/mol. The molecule has 0 atom stereocenters. The number of carbonyl (C=O) groups is 1. The molecule has 0 saturated carbocycles. The van der Waals surface area contributed by atoms with Crippen molar-refractivity contribution in [2.75, 3.05) is 5.32 Å². The number of nitrogens with zero attached hydrogens (tertiary/aromatic N) is 1. The van der Waals surface area contributed by atoms with E-state index in [1.54, 1.807) is 36.4 Å². The Labute approximate surface area is 159 Å². The van der Waals surface area contributed by atoms with E-state index in [9.17, 15) is 4.79 Å². The molecule has 0 heterocycles. The number of oxime groups is 1. The van der Waals surface area contributed by atoms with Crippen LogP contribution >= 0.6 is 46.4 Å². The number of hydrogen-bond acceptors (Lipinski definition) is 3. The average molecular weight is 406 g/mol. The van der Waals surface area contributed by atoms with Crippen molar-refractivity contribution in [3.05, 3.63) is 62.1 Å². The predicted octanol–water partition coefficient (Wildman–Crippen LogP) is 5.83. The van der Waals surface area contributed by atoms with Crippen LogP contribution < -0.4 is 5.32 Å². The molecule has 2 aromatic rings. The molecule has 24 heavy (non-hydrogen) atoms. The Balaban J connectivity index is 1.79. The summed E-state index contributed by atoms with van der Waals surface area (Å²) in [6, 6.07) is 9.98. The van der Waals surface area contributed by atoms with Gasteiger partial charge in [-0.25, -0.2) is 0 Å². The van der Waals surface area contributed by atoms with Crippen LogP contribution in [0.25, 0.3) is 0 Å². The first-order valence-corrected chi connectivity index (χ1v) is 8.30. The molecule has 0 radical (unpaired) electrons. The fraction of sp³-hybridized carbons (Fsp3) is 0.125. The maximum atomic E-state index is 11.8. The number of anilines is 1. The van der Waals surface area contributed by atoms with Crippen molar-refractivity contribution in [3.8, 4) is 0 Å². The molecule has 0 bridgehead atoms. The van der Waals surface area contributed by atoms with Gasteiger partial charge in [-0.3, -0.25) is 4.79 Å². The van der Waals surface area contributed by atoms with Crippen molar-refractivity contribution in [3.63, 3.8) is 0 Å². The lowest BCUT2D eigenvalue weighted by atomic mass is 10.2. The van der Waals surface area contributed by atoms with Crippen LogP contribution in [-0.4, -0.2) is 12.1 Å². The summed E-state index contributed by atoms with van der Waals surface area (Å²) in [7, 11) is 0. The normalized spacial score (nSPS) is 10.8. The van der Waals surface area contributed by atoms with E-state index in [1.807, 2.05) is 0 Å². The number of hydrogen-bond donors (Lipinski definition) is 1. The molecule has 4 nitrogen and oxygen atoms in total. The summed E-state index contributed by atoms with van der Waals surface area (Å²) in [6.45, 7) is 0.115. The smallest absolute Gasteiger partial charge is 0.229 e. The summed E-state index contributed by atoms with van der Waals surface area (Å²) in [4.78, 5) is 16.9. The summed E-state index contributed by atoms with van der Waals surface area (Å²) in [5.74, 6) is -0.267. The maximum absolute atomic E-state index is 11.8. The van der Waals surface area contributed by atoms with Crippen LogP contribution in [0.1, 0.15) is 12.0 Å². The van der Waals surface area contributed by atoms with Gasteiger partial charge in [0.1, 0.15) is 6.61 Å². The van der Waals surface area contributed by atoms with Crippen LogP contribution in [0.5, 0.6) is 0 Å². The highest BCUT2D eigenvalue weighted by atomic mass is 35.5. The Kier molecular flexibility index (Phi) is 7.18. The molecule has 0 aromatic heterocycles. The van der Waals surface area contributed by atoms with Crippen molar-refractivity contribution < 1.29 is 9.63 Å². The highest BCUT2D eigenvalue weighted by Crippen LogP contribution is 2.25. The van der Waals surface area contributed by atoms with Crippen LogP contribution in [0, 0.1) is 0 Å². The largest absolute Gasteiger partial charge is 0.391 e. The molecule has 0 fully saturated rings. The zero-order valence-corrected chi connectivity index (χ0v) is 15.3. The van der Waals surface area contributed by atoms with E-state index in [0.29, 0.717) is 31.3 Å². The average Bonchev–Trinajstić information content (AvgIpc) is 2.53. The second-order valence-electron chi connectivity index (χ2n) is 4.64. The lowest BCUT2D eigenvalue weighted by Crippen LogP contribution is -2.11. The van der Waals surface area contributed by atoms with Gasteiger partial charge in [-0.1, -0.05) is 57.6 Å². The van der Waals surface area contributed by atoms with Crippen LogP contribution in [0.4, 0.5) is 5.69 Å². The minimum absolute atomic E-state index is 0.0382. The number of amides is 1. The molecule has 1 amide bonds. The topological polar surface area (TPSA) is 50.7 Å². The first kappa shape index (κ1) is 18.9. The number of nitrogens with one attached hydrogen (secondary N) is 1. The molecule has 0 unspecified atom stereocenters. The molecular formula is C16H12Cl4N2O2. The van der Waals surface area contributed by atoms with Gasteiger partial charge in [-0.05, 0) is 30.3 Å². The molecule has 1 N–H and O–H groups in total. The predicted molar refractivity (Wildman–Crippen MR) is 99.5 cm³/mol. The Morgan fingerprint density at radius 1 is 1.04 bits per heavy atom. The van der Waals surface area contributed by atoms with Gasteiger partial charge in [-0.2, -0.15) is 0 Å². The molecule has 0 aliphatic rings. The highest BCUT2D eigenvalue weighted by Gasteiger charge is 2.06. The van der Waals surface area contributed by atoms with Gasteiger partial charge in [0.25, 0.3) is 0 Å². The van der Waals surface area contributed by atoms with Crippen LogP contribution in [0.2, 0.25) is 20.1 Å². The van der Waals surface area contributed by atoms with Gasteiger partial charge in [0.05, 0.1) is 22.7 Å². The second kappa shape index (κ2) is 9.14. The summed E-state index contributed by atoms with van der Waals surface area (Å²) in [5.41, 5.74) is 1.19. The van der Waals surface area contributed by atoms with Gasteiger partial charge in [0.2, 0.25) is 5.91 Å². The maximum Gasteiger partial charge on any atom is 0.229 e. The Morgan fingerprint density at radius 2 is 1.75 bits per heavy atom. The lowest BCUT2D eigenvalue weighted by molar-refractivity contribution is -0.115. The van der Waals surface area contributed by atoms with Gasteiger partial charge < -0.3 is 10.2 Å². The quantitative estimate of drug-likeness (QED) is 0.485. The van der Waals surface area contributed by atoms with Gasteiger partial charge >= 0.3 is 0 Å². The van der Waals surface area contributed by atoms with E-state index in [2.05, 4.69) is 10.5 Å². The number of carbonyl (C=O) groups excluding carboxylic acids is 1. The molecular weight excluding hydrogens is 394 g/mol. The number of rotatable bonds is 6. The van der Waals surface area contributed by atoms with Gasteiger partial charge in [0, 0.05) is 21.3 Å². The van der Waals surface area contributed by atoms with Crippen molar-refractivity contribution in [2.45, 2.75) is 13.0 Å². The molecule has 0 saturated heterocycles. The fourth-order valence-corrected chi connectivity index (χ4v) is 2.54. The molecule has 2 rings (SSSR count). The van der Waals surface area contributed by atoms with E-state index in [-0.39, 0.29) is 18.9 Å². The zero-order chi connectivity index (χ0) is 17.5.